The van der Waals surface area contributed by atoms with Gasteiger partial charge in [0.15, 0.2) is 9.84 Å². The Morgan fingerprint density at radius 3 is 2.65 bits per heavy atom. The van der Waals surface area contributed by atoms with E-state index in [1.165, 1.54) is 18.2 Å². The molecule has 1 aliphatic rings. The van der Waals surface area contributed by atoms with Crippen molar-refractivity contribution in [1.82, 2.24) is 4.72 Å². The lowest BCUT2D eigenvalue weighted by molar-refractivity contribution is 0.559. The van der Waals surface area contributed by atoms with Gasteiger partial charge in [-0.25, -0.2) is 21.6 Å². The molecule has 0 spiro atoms. The van der Waals surface area contributed by atoms with Crippen molar-refractivity contribution in [3.63, 3.8) is 0 Å². The predicted octanol–water partition coefficient (Wildman–Crippen LogP) is 1.34. The van der Waals surface area contributed by atoms with Crippen molar-refractivity contribution in [2.45, 2.75) is 36.5 Å². The van der Waals surface area contributed by atoms with Crippen LogP contribution in [0.2, 0.25) is 0 Å². The van der Waals surface area contributed by atoms with Crippen LogP contribution in [0.25, 0.3) is 0 Å². The van der Waals surface area contributed by atoms with Crippen molar-refractivity contribution in [2.75, 3.05) is 12.3 Å². The average molecular weight is 317 g/mol. The van der Waals surface area contributed by atoms with E-state index in [0.717, 1.165) is 0 Å². The Morgan fingerprint density at radius 1 is 1.30 bits per heavy atom. The van der Waals surface area contributed by atoms with E-state index in [-0.39, 0.29) is 21.5 Å². The molecule has 1 aromatic carbocycles. The van der Waals surface area contributed by atoms with E-state index >= 15 is 0 Å². The van der Waals surface area contributed by atoms with Gasteiger partial charge in [0, 0.05) is 6.54 Å². The fraction of sp³-hybridized carbons (Fsp3) is 0.538. The third kappa shape index (κ3) is 3.21. The van der Waals surface area contributed by atoms with Crippen LogP contribution in [0.1, 0.15) is 25.8 Å². The zero-order chi connectivity index (χ0) is 15.0. The van der Waals surface area contributed by atoms with Gasteiger partial charge in [0.25, 0.3) is 0 Å². The second-order valence-electron chi connectivity index (χ2n) is 5.44. The molecule has 0 aliphatic carbocycles. The Balaban J connectivity index is 2.37. The zero-order valence-electron chi connectivity index (χ0n) is 11.6. The normalized spacial score (nSPS) is 17.9. The molecule has 0 fully saturated rings. The molecule has 1 N–H and O–H groups in total. The molecular weight excluding hydrogens is 298 g/mol. The van der Waals surface area contributed by atoms with Gasteiger partial charge >= 0.3 is 0 Å². The summed E-state index contributed by atoms with van der Waals surface area (Å²) in [5.74, 6) is 0.348. The van der Waals surface area contributed by atoms with Gasteiger partial charge in [-0.2, -0.15) is 0 Å². The first-order valence-corrected chi connectivity index (χ1v) is 9.71. The van der Waals surface area contributed by atoms with E-state index in [0.29, 0.717) is 24.9 Å². The number of sulfonamides is 1. The van der Waals surface area contributed by atoms with Crippen LogP contribution in [-0.2, 0) is 26.3 Å². The Hall–Kier alpha value is -0.920. The fourth-order valence-electron chi connectivity index (χ4n) is 2.14. The molecule has 0 saturated heterocycles. The number of hydrogen-bond donors (Lipinski definition) is 1. The van der Waals surface area contributed by atoms with Gasteiger partial charge in [0.1, 0.15) is 0 Å². The average Bonchev–Trinajstić information content (AvgIpc) is 2.36. The van der Waals surface area contributed by atoms with Crippen molar-refractivity contribution in [2.24, 2.45) is 5.92 Å². The van der Waals surface area contributed by atoms with Gasteiger partial charge in [-0.1, -0.05) is 13.8 Å². The summed E-state index contributed by atoms with van der Waals surface area (Å²) in [6.07, 6.45) is 1.14. The Labute approximate surface area is 120 Å². The predicted molar refractivity (Wildman–Crippen MR) is 76.8 cm³/mol. The smallest absolute Gasteiger partial charge is 0.224 e. The molecule has 0 saturated carbocycles. The number of fused-ring (bicyclic) bond motifs is 1. The van der Waals surface area contributed by atoms with E-state index in [2.05, 4.69) is 4.72 Å². The standard InChI is InChI=1S/C13H19NO4S2/c1-10(2)9-14-20(17,18)12-5-6-13-11(8-12)4-3-7-19(13,15)16/h5-6,8,10,14H,3-4,7,9H2,1-2H3. The van der Waals surface area contributed by atoms with Crippen LogP contribution in [0.5, 0.6) is 0 Å². The van der Waals surface area contributed by atoms with Crippen LogP contribution >= 0.6 is 0 Å². The van der Waals surface area contributed by atoms with Gasteiger partial charge in [-0.05, 0) is 42.5 Å². The van der Waals surface area contributed by atoms with Gasteiger partial charge in [-0.15, -0.1) is 0 Å². The molecule has 0 aromatic heterocycles. The topological polar surface area (TPSA) is 80.3 Å². The molecule has 0 amide bonds. The van der Waals surface area contributed by atoms with Gasteiger partial charge in [-0.3, -0.25) is 0 Å². The maximum absolute atomic E-state index is 12.1. The van der Waals surface area contributed by atoms with Crippen molar-refractivity contribution >= 4 is 19.9 Å². The van der Waals surface area contributed by atoms with Crippen LogP contribution in [0.3, 0.4) is 0 Å². The van der Waals surface area contributed by atoms with Crippen LogP contribution < -0.4 is 4.72 Å². The number of nitrogens with one attached hydrogen (secondary N) is 1. The van der Waals surface area contributed by atoms with E-state index in [1.54, 1.807) is 0 Å². The minimum atomic E-state index is -3.57. The molecule has 112 valence electrons. The molecule has 0 atom stereocenters. The molecule has 0 bridgehead atoms. The van der Waals surface area contributed by atoms with Crippen molar-refractivity contribution in [3.8, 4) is 0 Å². The lowest BCUT2D eigenvalue weighted by atomic mass is 10.1. The minimum Gasteiger partial charge on any atom is -0.224 e. The number of aryl methyl sites for hydroxylation is 1. The molecule has 1 aliphatic heterocycles. The second-order valence-corrected chi connectivity index (χ2v) is 9.28. The van der Waals surface area contributed by atoms with Crippen molar-refractivity contribution in [1.29, 1.82) is 0 Å². The summed E-state index contributed by atoms with van der Waals surface area (Å²) in [7, 11) is -6.82. The Kier molecular flexibility index (Phi) is 4.22. The molecule has 1 aromatic rings. The first kappa shape index (κ1) is 15.5. The second kappa shape index (κ2) is 5.46. The minimum absolute atomic E-state index is 0.133. The van der Waals surface area contributed by atoms with Crippen LogP contribution in [0, 0.1) is 5.92 Å². The van der Waals surface area contributed by atoms with Gasteiger partial charge < -0.3 is 0 Å². The molecule has 1 heterocycles. The monoisotopic (exact) mass is 317 g/mol. The number of sulfone groups is 1. The molecule has 20 heavy (non-hydrogen) atoms. The Morgan fingerprint density at radius 2 is 2.00 bits per heavy atom. The first-order valence-electron chi connectivity index (χ1n) is 6.58. The first-order chi connectivity index (χ1) is 9.22. The number of hydrogen-bond acceptors (Lipinski definition) is 4. The van der Waals surface area contributed by atoms with E-state index in [1.807, 2.05) is 13.8 Å². The van der Waals surface area contributed by atoms with Gasteiger partial charge in [0.2, 0.25) is 10.0 Å². The lowest BCUT2D eigenvalue weighted by Gasteiger charge is -2.17. The van der Waals surface area contributed by atoms with Crippen LogP contribution in [0.15, 0.2) is 28.0 Å². The summed E-state index contributed by atoms with van der Waals surface area (Å²) in [6, 6.07) is 4.26. The molecule has 0 unspecified atom stereocenters. The van der Waals surface area contributed by atoms with E-state index < -0.39 is 19.9 Å². The summed E-state index contributed by atoms with van der Waals surface area (Å²) >= 11 is 0. The van der Waals surface area contributed by atoms with Crippen molar-refractivity contribution in [3.05, 3.63) is 23.8 Å². The maximum Gasteiger partial charge on any atom is 0.240 e. The lowest BCUT2D eigenvalue weighted by Crippen LogP contribution is -2.28. The highest BCUT2D eigenvalue weighted by Crippen LogP contribution is 2.27. The molecular formula is C13H19NO4S2. The molecule has 7 heteroatoms. The quantitative estimate of drug-likeness (QED) is 0.909. The van der Waals surface area contributed by atoms with Crippen molar-refractivity contribution < 1.29 is 16.8 Å². The fourth-order valence-corrected chi connectivity index (χ4v) is 4.99. The van der Waals surface area contributed by atoms with Crippen LogP contribution in [-0.4, -0.2) is 29.1 Å². The summed E-state index contributed by atoms with van der Waals surface area (Å²) < 4.78 is 50.5. The molecule has 2 rings (SSSR count). The third-order valence-corrected chi connectivity index (χ3v) is 6.53. The highest BCUT2D eigenvalue weighted by molar-refractivity contribution is 7.91. The maximum atomic E-state index is 12.1. The highest BCUT2D eigenvalue weighted by atomic mass is 32.2. The SMILES string of the molecule is CC(C)CNS(=O)(=O)c1ccc2c(c1)CCCS2(=O)=O. The number of rotatable bonds is 4. The third-order valence-electron chi connectivity index (χ3n) is 3.22. The highest BCUT2D eigenvalue weighted by Gasteiger charge is 2.25. The number of benzene rings is 1. The van der Waals surface area contributed by atoms with Gasteiger partial charge in [0.05, 0.1) is 15.5 Å². The zero-order valence-corrected chi connectivity index (χ0v) is 13.2. The molecule has 0 radical (unpaired) electrons. The summed E-state index contributed by atoms with van der Waals surface area (Å²) in [5, 5.41) is 0. The van der Waals surface area contributed by atoms with Crippen LogP contribution in [0.4, 0.5) is 0 Å². The van der Waals surface area contributed by atoms with E-state index in [9.17, 15) is 16.8 Å². The summed E-state index contributed by atoms with van der Waals surface area (Å²) in [4.78, 5) is 0.403. The van der Waals surface area contributed by atoms with E-state index in [4.69, 9.17) is 0 Å². The summed E-state index contributed by atoms with van der Waals surface area (Å²) in [6.45, 7) is 4.20. The Bertz CT molecular complexity index is 706. The largest absolute Gasteiger partial charge is 0.240 e. The summed E-state index contributed by atoms with van der Waals surface area (Å²) in [5.41, 5.74) is 0.601. The molecule has 5 nitrogen and oxygen atoms in total.